The molecule has 3 N–H and O–H groups in total. The standard InChI is InChI=1S/C14H19N3O3S.ClH/c1-17-11-7-9(3-4-12(11)20-8-13(17)18)16-14(19)10(15)5-6-21-2;/h3-4,7,10H,5-6,8,15H2,1-2H3,(H,16,19);1H/t10-;/m0./s1. The van der Waals surface area contributed by atoms with Gasteiger partial charge in [0.15, 0.2) is 6.61 Å². The van der Waals surface area contributed by atoms with Crippen LogP contribution in [0.2, 0.25) is 0 Å². The Bertz CT molecular complexity index is 556. The van der Waals surface area contributed by atoms with Crippen LogP contribution >= 0.6 is 24.2 Å². The van der Waals surface area contributed by atoms with Crippen LogP contribution in [0.4, 0.5) is 11.4 Å². The van der Waals surface area contributed by atoms with E-state index >= 15 is 0 Å². The number of anilines is 2. The van der Waals surface area contributed by atoms with E-state index in [1.165, 1.54) is 4.90 Å². The summed E-state index contributed by atoms with van der Waals surface area (Å²) in [7, 11) is 1.68. The molecule has 2 rings (SSSR count). The van der Waals surface area contributed by atoms with Crippen LogP contribution < -0.4 is 20.7 Å². The van der Waals surface area contributed by atoms with Crippen molar-refractivity contribution in [3.05, 3.63) is 18.2 Å². The second-order valence-corrected chi connectivity index (χ2v) is 5.79. The summed E-state index contributed by atoms with van der Waals surface area (Å²) >= 11 is 1.65. The van der Waals surface area contributed by atoms with Gasteiger partial charge in [-0.05, 0) is 36.6 Å². The third kappa shape index (κ3) is 4.28. The van der Waals surface area contributed by atoms with Gasteiger partial charge in [0.1, 0.15) is 5.75 Å². The first kappa shape index (κ1) is 18.6. The Morgan fingerprint density at radius 2 is 2.27 bits per heavy atom. The Kier molecular flexibility index (Phi) is 6.99. The number of hydrogen-bond donors (Lipinski definition) is 2. The normalized spacial score (nSPS) is 14.5. The van der Waals surface area contributed by atoms with Crippen LogP contribution in [0.3, 0.4) is 0 Å². The fourth-order valence-electron chi connectivity index (χ4n) is 1.96. The van der Waals surface area contributed by atoms with Crippen LogP contribution in [0.1, 0.15) is 6.42 Å². The molecule has 22 heavy (non-hydrogen) atoms. The number of thioether (sulfide) groups is 1. The predicted octanol–water partition coefficient (Wildman–Crippen LogP) is 1.48. The summed E-state index contributed by atoms with van der Waals surface area (Å²) in [5.41, 5.74) is 7.06. The zero-order valence-electron chi connectivity index (χ0n) is 12.5. The summed E-state index contributed by atoms with van der Waals surface area (Å²) in [4.78, 5) is 25.1. The van der Waals surface area contributed by atoms with E-state index in [-0.39, 0.29) is 30.8 Å². The lowest BCUT2D eigenvalue weighted by Crippen LogP contribution is -2.37. The highest BCUT2D eigenvalue weighted by atomic mass is 35.5. The van der Waals surface area contributed by atoms with Crippen molar-refractivity contribution in [1.82, 2.24) is 0 Å². The number of fused-ring (bicyclic) bond motifs is 1. The lowest BCUT2D eigenvalue weighted by molar-refractivity contribution is -0.121. The summed E-state index contributed by atoms with van der Waals surface area (Å²) in [6.07, 6.45) is 2.60. The molecule has 0 unspecified atom stereocenters. The van der Waals surface area contributed by atoms with Gasteiger partial charge in [0.2, 0.25) is 5.91 Å². The van der Waals surface area contributed by atoms with Crippen LogP contribution in [0.15, 0.2) is 18.2 Å². The third-order valence-corrected chi connectivity index (χ3v) is 3.93. The number of ether oxygens (including phenoxy) is 1. The van der Waals surface area contributed by atoms with Crippen molar-refractivity contribution >= 4 is 47.4 Å². The molecule has 122 valence electrons. The van der Waals surface area contributed by atoms with Gasteiger partial charge >= 0.3 is 0 Å². The molecule has 2 amide bonds. The van der Waals surface area contributed by atoms with E-state index < -0.39 is 6.04 Å². The zero-order valence-corrected chi connectivity index (χ0v) is 14.1. The van der Waals surface area contributed by atoms with Gasteiger partial charge < -0.3 is 20.7 Å². The summed E-state index contributed by atoms with van der Waals surface area (Å²) < 4.78 is 5.34. The number of nitrogens with one attached hydrogen (secondary N) is 1. The van der Waals surface area contributed by atoms with Crippen molar-refractivity contribution in [2.24, 2.45) is 5.73 Å². The van der Waals surface area contributed by atoms with E-state index in [9.17, 15) is 9.59 Å². The van der Waals surface area contributed by atoms with E-state index in [0.29, 0.717) is 23.5 Å². The highest BCUT2D eigenvalue weighted by Crippen LogP contribution is 2.33. The Morgan fingerprint density at radius 3 is 2.95 bits per heavy atom. The number of likely N-dealkylation sites (N-methyl/N-ethyl adjacent to an activating group) is 1. The lowest BCUT2D eigenvalue weighted by atomic mass is 10.2. The van der Waals surface area contributed by atoms with E-state index in [2.05, 4.69) is 5.32 Å². The average molecular weight is 346 g/mol. The molecule has 1 aliphatic heterocycles. The molecule has 1 aliphatic rings. The molecule has 0 spiro atoms. The molecule has 1 aromatic carbocycles. The summed E-state index contributed by atoms with van der Waals surface area (Å²) in [6.45, 7) is 0.0365. The van der Waals surface area contributed by atoms with E-state index in [1.807, 2.05) is 6.26 Å². The maximum atomic E-state index is 12.0. The molecule has 1 atom stereocenters. The summed E-state index contributed by atoms with van der Waals surface area (Å²) in [6, 6.07) is 4.65. The van der Waals surface area contributed by atoms with Crippen LogP contribution in [0.25, 0.3) is 0 Å². The fourth-order valence-corrected chi connectivity index (χ4v) is 2.45. The second-order valence-electron chi connectivity index (χ2n) is 4.80. The lowest BCUT2D eigenvalue weighted by Gasteiger charge is -2.26. The molecule has 0 saturated carbocycles. The molecule has 0 saturated heterocycles. The quantitative estimate of drug-likeness (QED) is 0.844. The van der Waals surface area contributed by atoms with Crippen LogP contribution in [-0.2, 0) is 9.59 Å². The molecule has 0 bridgehead atoms. The number of hydrogen-bond acceptors (Lipinski definition) is 5. The number of carbonyl (C=O) groups excluding carboxylic acids is 2. The molecule has 0 fully saturated rings. The first-order valence-corrected chi connectivity index (χ1v) is 8.01. The monoisotopic (exact) mass is 345 g/mol. The second kappa shape index (κ2) is 8.26. The predicted molar refractivity (Wildman–Crippen MR) is 92.2 cm³/mol. The number of benzene rings is 1. The van der Waals surface area contributed by atoms with Gasteiger partial charge in [-0.25, -0.2) is 0 Å². The number of halogens is 1. The van der Waals surface area contributed by atoms with Gasteiger partial charge in [-0.3, -0.25) is 9.59 Å². The first-order chi connectivity index (χ1) is 10.0. The highest BCUT2D eigenvalue weighted by molar-refractivity contribution is 7.98. The van der Waals surface area contributed by atoms with Crippen molar-refractivity contribution < 1.29 is 14.3 Å². The Hall–Kier alpha value is -1.44. The van der Waals surface area contributed by atoms with Gasteiger partial charge in [-0.15, -0.1) is 12.4 Å². The minimum absolute atomic E-state index is 0. The third-order valence-electron chi connectivity index (χ3n) is 3.28. The Labute approximate surface area is 140 Å². The number of nitrogens with two attached hydrogens (primary N) is 1. The zero-order chi connectivity index (χ0) is 15.4. The number of nitrogens with zero attached hydrogens (tertiary/aromatic N) is 1. The molecule has 8 heteroatoms. The topological polar surface area (TPSA) is 84.7 Å². The maximum Gasteiger partial charge on any atom is 0.264 e. The van der Waals surface area contributed by atoms with Crippen LogP contribution in [0.5, 0.6) is 5.75 Å². The van der Waals surface area contributed by atoms with Crippen LogP contribution in [-0.4, -0.2) is 43.5 Å². The Morgan fingerprint density at radius 1 is 1.55 bits per heavy atom. The molecule has 0 aromatic heterocycles. The minimum atomic E-state index is -0.538. The molecule has 0 radical (unpaired) electrons. The largest absolute Gasteiger partial charge is 0.482 e. The van der Waals surface area contributed by atoms with Gasteiger partial charge in [0, 0.05) is 12.7 Å². The number of rotatable bonds is 5. The van der Waals surface area contributed by atoms with Crippen molar-refractivity contribution in [3.8, 4) is 5.75 Å². The highest BCUT2D eigenvalue weighted by Gasteiger charge is 2.23. The smallest absolute Gasteiger partial charge is 0.264 e. The Balaban J connectivity index is 0.00000242. The van der Waals surface area contributed by atoms with Crippen molar-refractivity contribution in [1.29, 1.82) is 0 Å². The average Bonchev–Trinajstić information content (AvgIpc) is 2.49. The fraction of sp³-hybridized carbons (Fsp3) is 0.429. The maximum absolute atomic E-state index is 12.0. The first-order valence-electron chi connectivity index (χ1n) is 6.61. The number of carbonyl (C=O) groups is 2. The van der Waals surface area contributed by atoms with Crippen molar-refractivity contribution in [2.75, 3.05) is 35.9 Å². The molecule has 1 heterocycles. The van der Waals surface area contributed by atoms with E-state index in [4.69, 9.17) is 10.5 Å². The molecule has 0 aliphatic carbocycles. The summed E-state index contributed by atoms with van der Waals surface area (Å²) in [5.74, 6) is 1.11. The van der Waals surface area contributed by atoms with E-state index in [1.54, 1.807) is 37.0 Å². The van der Waals surface area contributed by atoms with Crippen LogP contribution in [0, 0.1) is 0 Å². The minimum Gasteiger partial charge on any atom is -0.482 e. The molecular weight excluding hydrogens is 326 g/mol. The van der Waals surface area contributed by atoms with Crippen molar-refractivity contribution in [3.63, 3.8) is 0 Å². The number of amides is 2. The van der Waals surface area contributed by atoms with Gasteiger partial charge in [0.05, 0.1) is 11.7 Å². The van der Waals surface area contributed by atoms with E-state index in [0.717, 1.165) is 5.75 Å². The molecule has 1 aromatic rings. The summed E-state index contributed by atoms with van der Waals surface area (Å²) in [5, 5.41) is 2.77. The molecule has 6 nitrogen and oxygen atoms in total. The van der Waals surface area contributed by atoms with Gasteiger partial charge in [-0.1, -0.05) is 0 Å². The van der Waals surface area contributed by atoms with Gasteiger partial charge in [-0.2, -0.15) is 11.8 Å². The van der Waals surface area contributed by atoms with Crippen molar-refractivity contribution in [2.45, 2.75) is 12.5 Å². The molecular formula is C14H20ClN3O3S. The van der Waals surface area contributed by atoms with Gasteiger partial charge in [0.25, 0.3) is 5.91 Å². The SMILES string of the molecule is CSCC[C@H](N)C(=O)Nc1ccc2c(c1)N(C)C(=O)CO2.Cl.